The van der Waals surface area contributed by atoms with Gasteiger partial charge in [0.05, 0.1) is 18.8 Å². The molecule has 2 aliphatic carbocycles. The predicted molar refractivity (Wildman–Crippen MR) is 161 cm³/mol. The molecule has 40 heavy (non-hydrogen) atoms. The van der Waals surface area contributed by atoms with E-state index in [0.29, 0.717) is 31.8 Å². The Balaban J connectivity index is 1.52. The average Bonchev–Trinajstić information content (AvgIpc) is 3.27. The number of aliphatic hydroxyl groups excluding tert-OH is 1. The van der Waals surface area contributed by atoms with Crippen molar-refractivity contribution in [3.63, 3.8) is 0 Å². The molecule has 6 nitrogen and oxygen atoms in total. The van der Waals surface area contributed by atoms with Crippen molar-refractivity contribution in [2.45, 2.75) is 70.1 Å². The minimum absolute atomic E-state index is 0.0559. The summed E-state index contributed by atoms with van der Waals surface area (Å²) < 4.78 is 29.3. The van der Waals surface area contributed by atoms with Crippen molar-refractivity contribution < 1.29 is 28.5 Å². The molecule has 4 rings (SSSR count). The first-order valence-electron chi connectivity index (χ1n) is 14.6. The zero-order valence-electron chi connectivity index (χ0n) is 24.9. The second kappa shape index (κ2) is 14.4. The number of fused-ring (bicyclic) bond motifs is 1. The summed E-state index contributed by atoms with van der Waals surface area (Å²) in [5.74, 6) is 0.685. The molecule has 1 N–H and O–H groups in total. The highest BCUT2D eigenvalue weighted by Gasteiger charge is 2.50. The van der Waals surface area contributed by atoms with Gasteiger partial charge in [-0.05, 0) is 70.5 Å². The molecule has 220 valence electrons. The Hall–Kier alpha value is -1.84. The zero-order valence-corrected chi connectivity index (χ0v) is 25.9. The molecule has 0 saturated heterocycles. The average molecular weight is 569 g/mol. The Morgan fingerprint density at radius 2 is 1.48 bits per heavy atom. The van der Waals surface area contributed by atoms with E-state index in [-0.39, 0.29) is 17.9 Å². The van der Waals surface area contributed by atoms with Gasteiger partial charge in [0, 0.05) is 20.8 Å². The van der Waals surface area contributed by atoms with Crippen LogP contribution in [0.15, 0.2) is 71.8 Å². The lowest BCUT2D eigenvalue weighted by Crippen LogP contribution is -2.66. The third-order valence-electron chi connectivity index (χ3n) is 8.50. The van der Waals surface area contributed by atoms with Crippen LogP contribution in [-0.4, -0.2) is 66.7 Å². The first-order valence-corrected chi connectivity index (χ1v) is 16.6. The van der Waals surface area contributed by atoms with Crippen molar-refractivity contribution in [3.05, 3.63) is 71.8 Å². The number of hydrogen-bond acceptors (Lipinski definition) is 6. The van der Waals surface area contributed by atoms with E-state index in [4.69, 9.17) is 23.4 Å². The third kappa shape index (κ3) is 6.96. The molecule has 0 amide bonds. The second-order valence-electron chi connectivity index (χ2n) is 12.2. The number of aliphatic hydroxyl groups is 1. The lowest BCUT2D eigenvalue weighted by molar-refractivity contribution is -0.0892. The van der Waals surface area contributed by atoms with Gasteiger partial charge in [0.2, 0.25) is 0 Å². The highest BCUT2D eigenvalue weighted by Crippen LogP contribution is 2.47. The van der Waals surface area contributed by atoms with Crippen LogP contribution in [0.4, 0.5) is 0 Å². The number of benzene rings is 2. The Labute approximate surface area is 241 Å². The molecule has 0 spiro atoms. The van der Waals surface area contributed by atoms with E-state index in [9.17, 15) is 5.11 Å². The maximum absolute atomic E-state index is 11.2. The predicted octanol–water partition coefficient (Wildman–Crippen LogP) is 5.04. The van der Waals surface area contributed by atoms with Gasteiger partial charge >= 0.3 is 0 Å². The third-order valence-corrected chi connectivity index (χ3v) is 13.5. The van der Waals surface area contributed by atoms with Crippen molar-refractivity contribution >= 4 is 18.7 Å². The van der Waals surface area contributed by atoms with Gasteiger partial charge in [0.1, 0.15) is 13.6 Å². The largest absolute Gasteiger partial charge is 0.407 e. The SMILES string of the molecule is COCOC[C@@H]1C[C@H]2C[C@H](O)C(CCCO[Si](c3ccccc3)(c3ccccc3)C(C)(C)C)=C2[C@H](OCOC)C1. The number of methoxy groups -OCH3 is 2. The van der Waals surface area contributed by atoms with Crippen molar-refractivity contribution in [3.8, 4) is 0 Å². The van der Waals surface area contributed by atoms with Gasteiger partial charge in [-0.1, -0.05) is 81.4 Å². The van der Waals surface area contributed by atoms with Gasteiger partial charge in [-0.25, -0.2) is 0 Å². The van der Waals surface area contributed by atoms with Crippen LogP contribution in [0.3, 0.4) is 0 Å². The summed E-state index contributed by atoms with van der Waals surface area (Å²) in [5, 5.41) is 13.7. The lowest BCUT2D eigenvalue weighted by Gasteiger charge is -2.43. The Bertz CT molecular complexity index is 1030. The van der Waals surface area contributed by atoms with E-state index in [1.54, 1.807) is 14.2 Å². The summed E-state index contributed by atoms with van der Waals surface area (Å²) in [6.07, 6.45) is 3.81. The molecule has 7 heteroatoms. The molecular weight excluding hydrogens is 520 g/mol. The zero-order chi connectivity index (χ0) is 28.6. The topological polar surface area (TPSA) is 66.4 Å². The fourth-order valence-electron chi connectivity index (χ4n) is 6.92. The smallest absolute Gasteiger partial charge is 0.261 e. The van der Waals surface area contributed by atoms with Gasteiger partial charge in [-0.3, -0.25) is 0 Å². The first kappa shape index (κ1) is 31.1. The van der Waals surface area contributed by atoms with Crippen molar-refractivity contribution in [2.24, 2.45) is 11.8 Å². The van der Waals surface area contributed by atoms with Crippen LogP contribution < -0.4 is 10.4 Å². The van der Waals surface area contributed by atoms with E-state index < -0.39 is 14.4 Å². The van der Waals surface area contributed by atoms with Crippen molar-refractivity contribution in [1.29, 1.82) is 0 Å². The van der Waals surface area contributed by atoms with Crippen LogP contribution in [0, 0.1) is 11.8 Å². The quantitative estimate of drug-likeness (QED) is 0.149. The molecule has 2 aromatic carbocycles. The van der Waals surface area contributed by atoms with Crippen LogP contribution in [-0.2, 0) is 23.4 Å². The van der Waals surface area contributed by atoms with Gasteiger partial charge < -0.3 is 28.5 Å². The summed E-state index contributed by atoms with van der Waals surface area (Å²) in [7, 11) is 0.717. The maximum Gasteiger partial charge on any atom is 0.261 e. The summed E-state index contributed by atoms with van der Waals surface area (Å²) in [6, 6.07) is 21.5. The molecule has 0 aromatic heterocycles. The fraction of sp³-hybridized carbons (Fsp3) is 0.576. The highest BCUT2D eigenvalue weighted by atomic mass is 28.4. The second-order valence-corrected chi connectivity index (χ2v) is 16.5. The van der Waals surface area contributed by atoms with Gasteiger partial charge in [0.15, 0.2) is 0 Å². The van der Waals surface area contributed by atoms with Gasteiger partial charge in [-0.2, -0.15) is 0 Å². The normalized spacial score (nSPS) is 23.4. The minimum Gasteiger partial charge on any atom is -0.407 e. The molecule has 1 fully saturated rings. The van der Waals surface area contributed by atoms with Crippen LogP contribution in [0.5, 0.6) is 0 Å². The van der Waals surface area contributed by atoms with Gasteiger partial charge in [-0.15, -0.1) is 0 Å². The Morgan fingerprint density at radius 3 is 2.05 bits per heavy atom. The molecule has 0 radical (unpaired) electrons. The molecule has 0 aliphatic heterocycles. The fourth-order valence-corrected chi connectivity index (χ4v) is 11.5. The first-order chi connectivity index (χ1) is 19.3. The molecule has 2 aromatic rings. The monoisotopic (exact) mass is 568 g/mol. The van der Waals surface area contributed by atoms with Gasteiger partial charge in [0.25, 0.3) is 8.32 Å². The van der Waals surface area contributed by atoms with Crippen molar-refractivity contribution in [2.75, 3.05) is 41.0 Å². The maximum atomic E-state index is 11.2. The number of ether oxygens (including phenoxy) is 4. The molecular formula is C33H48O6Si. The van der Waals surface area contributed by atoms with E-state index >= 15 is 0 Å². The van der Waals surface area contributed by atoms with Crippen LogP contribution in [0.25, 0.3) is 0 Å². The minimum atomic E-state index is -2.58. The lowest BCUT2D eigenvalue weighted by atomic mass is 9.76. The Morgan fingerprint density at radius 1 is 0.850 bits per heavy atom. The number of hydrogen-bond donors (Lipinski definition) is 1. The summed E-state index contributed by atoms with van der Waals surface area (Å²) >= 11 is 0. The van der Waals surface area contributed by atoms with E-state index in [2.05, 4.69) is 81.4 Å². The summed E-state index contributed by atoms with van der Waals surface area (Å²) in [6.45, 7) is 8.74. The molecule has 0 bridgehead atoms. The summed E-state index contributed by atoms with van der Waals surface area (Å²) in [5.41, 5.74) is 2.44. The molecule has 1 saturated carbocycles. The molecule has 0 unspecified atom stereocenters. The van der Waals surface area contributed by atoms with Crippen LogP contribution >= 0.6 is 0 Å². The molecule has 2 aliphatic rings. The highest BCUT2D eigenvalue weighted by molar-refractivity contribution is 6.99. The standard InChI is InChI=1S/C33H48O6Si/c1-33(2,3)40(27-13-8-6-9-14-27,28-15-10-7-11-16-28)39-18-12-17-29-30(34)21-26-19-25(22-37-23-35-4)20-31(32(26)29)38-24-36-5/h6-11,13-16,25-26,30-31,34H,12,17-24H2,1-5H3/t25-,26+,30+,31-/m1/s1. The van der Waals surface area contributed by atoms with Crippen LogP contribution in [0.2, 0.25) is 5.04 Å². The van der Waals surface area contributed by atoms with E-state index in [0.717, 1.165) is 37.7 Å². The number of rotatable bonds is 14. The van der Waals surface area contributed by atoms with E-state index in [1.807, 2.05) is 0 Å². The molecule has 4 atom stereocenters. The summed E-state index contributed by atoms with van der Waals surface area (Å²) in [4.78, 5) is 0. The molecule has 0 heterocycles. The van der Waals surface area contributed by atoms with Crippen LogP contribution in [0.1, 0.15) is 52.9 Å². The van der Waals surface area contributed by atoms with Crippen molar-refractivity contribution in [1.82, 2.24) is 0 Å². The van der Waals surface area contributed by atoms with E-state index in [1.165, 1.54) is 15.9 Å². The Kier molecular flexibility index (Phi) is 11.2.